The van der Waals surface area contributed by atoms with Crippen LogP contribution in [0.15, 0.2) is 71.9 Å². The van der Waals surface area contributed by atoms with Crippen LogP contribution < -0.4 is 14.2 Å². The molecule has 0 atom stereocenters. The van der Waals surface area contributed by atoms with Crippen LogP contribution in [0, 0.1) is 6.92 Å². The highest BCUT2D eigenvalue weighted by Gasteiger charge is 2.20. The fraction of sp³-hybridized carbons (Fsp3) is 0.192. The largest absolute Gasteiger partial charge is 0.497 e. The maximum atomic E-state index is 12.9. The molecule has 0 aliphatic heterocycles. The number of aromatic nitrogens is 3. The summed E-state index contributed by atoms with van der Waals surface area (Å²) in [6.45, 7) is 2.03. The van der Waals surface area contributed by atoms with Gasteiger partial charge >= 0.3 is 0 Å². The molecule has 0 radical (unpaired) electrons. The summed E-state index contributed by atoms with van der Waals surface area (Å²) in [5.74, 6) is 2.72. The van der Waals surface area contributed by atoms with Gasteiger partial charge < -0.3 is 14.2 Å². The number of aryl methyl sites for hydroxylation is 1. The van der Waals surface area contributed by atoms with Gasteiger partial charge in [0.15, 0.2) is 28.3 Å². The normalized spacial score (nSPS) is 10.7. The number of ether oxygens (including phenoxy) is 3. The number of hydrogen-bond acceptors (Lipinski definition) is 7. The monoisotopic (exact) mass is 475 g/mol. The SMILES string of the molecule is COc1cccc(C(=O)CSc2nnc(-c3ccc(OC)c(OC)c3)n2-c2ccccc2C)c1. The summed E-state index contributed by atoms with van der Waals surface area (Å²) in [6, 6.07) is 20.8. The van der Waals surface area contributed by atoms with Crippen molar-refractivity contribution in [2.24, 2.45) is 0 Å². The highest BCUT2D eigenvalue weighted by molar-refractivity contribution is 7.99. The van der Waals surface area contributed by atoms with E-state index in [2.05, 4.69) is 10.2 Å². The van der Waals surface area contributed by atoms with Crippen molar-refractivity contribution in [2.45, 2.75) is 12.1 Å². The third-order valence-electron chi connectivity index (χ3n) is 5.36. The van der Waals surface area contributed by atoms with Gasteiger partial charge in [0, 0.05) is 11.1 Å². The second kappa shape index (κ2) is 10.4. The van der Waals surface area contributed by atoms with E-state index in [0.29, 0.717) is 33.8 Å². The van der Waals surface area contributed by atoms with Crippen LogP contribution in [-0.4, -0.2) is 47.6 Å². The molecule has 0 saturated heterocycles. The molecular weight excluding hydrogens is 450 g/mol. The first-order valence-electron chi connectivity index (χ1n) is 10.6. The van der Waals surface area contributed by atoms with Crippen LogP contribution in [0.3, 0.4) is 0 Å². The molecule has 0 amide bonds. The van der Waals surface area contributed by atoms with E-state index in [4.69, 9.17) is 14.2 Å². The number of Topliss-reactive ketones (excluding diaryl/α,β-unsaturated/α-hetero) is 1. The molecule has 8 heteroatoms. The quantitative estimate of drug-likeness (QED) is 0.242. The predicted octanol–water partition coefficient (Wildman–Crippen LogP) is 5.24. The van der Waals surface area contributed by atoms with E-state index >= 15 is 0 Å². The molecule has 0 saturated carbocycles. The van der Waals surface area contributed by atoms with Crippen molar-refractivity contribution in [3.63, 3.8) is 0 Å². The van der Waals surface area contributed by atoms with Crippen LogP contribution in [0.1, 0.15) is 15.9 Å². The summed E-state index contributed by atoms with van der Waals surface area (Å²) in [4.78, 5) is 12.9. The molecule has 0 aliphatic carbocycles. The number of thioether (sulfide) groups is 1. The van der Waals surface area contributed by atoms with Gasteiger partial charge in [-0.05, 0) is 48.9 Å². The maximum Gasteiger partial charge on any atom is 0.196 e. The van der Waals surface area contributed by atoms with E-state index in [0.717, 1.165) is 16.8 Å². The van der Waals surface area contributed by atoms with Gasteiger partial charge in [0.1, 0.15) is 5.75 Å². The zero-order valence-corrected chi connectivity index (χ0v) is 20.3. The number of rotatable bonds is 9. The van der Waals surface area contributed by atoms with Crippen molar-refractivity contribution < 1.29 is 19.0 Å². The van der Waals surface area contributed by atoms with Crippen molar-refractivity contribution in [1.82, 2.24) is 14.8 Å². The molecule has 3 aromatic carbocycles. The Hall–Kier alpha value is -3.78. The minimum Gasteiger partial charge on any atom is -0.497 e. The van der Waals surface area contributed by atoms with Gasteiger partial charge in [0.25, 0.3) is 0 Å². The van der Waals surface area contributed by atoms with Gasteiger partial charge in [-0.3, -0.25) is 9.36 Å². The van der Waals surface area contributed by atoms with E-state index < -0.39 is 0 Å². The average molecular weight is 476 g/mol. The Kier molecular flexibility index (Phi) is 7.18. The van der Waals surface area contributed by atoms with Crippen molar-refractivity contribution in [2.75, 3.05) is 27.1 Å². The third kappa shape index (κ3) is 4.77. The van der Waals surface area contributed by atoms with E-state index in [1.54, 1.807) is 33.5 Å². The van der Waals surface area contributed by atoms with E-state index in [9.17, 15) is 4.79 Å². The number of ketones is 1. The zero-order chi connectivity index (χ0) is 24.1. The molecule has 174 valence electrons. The fourth-order valence-corrected chi connectivity index (χ4v) is 4.41. The summed E-state index contributed by atoms with van der Waals surface area (Å²) in [5.41, 5.74) is 3.41. The minimum absolute atomic E-state index is 0.0177. The molecule has 0 aliphatic rings. The number of hydrogen-bond donors (Lipinski definition) is 0. The summed E-state index contributed by atoms with van der Waals surface area (Å²) in [6.07, 6.45) is 0. The lowest BCUT2D eigenvalue weighted by Gasteiger charge is -2.14. The second-order valence-electron chi connectivity index (χ2n) is 7.44. The van der Waals surface area contributed by atoms with Gasteiger partial charge in [-0.15, -0.1) is 10.2 Å². The van der Waals surface area contributed by atoms with Crippen molar-refractivity contribution in [3.8, 4) is 34.3 Å². The number of nitrogens with zero attached hydrogens (tertiary/aromatic N) is 3. The summed E-state index contributed by atoms with van der Waals surface area (Å²) in [5, 5.41) is 9.53. The van der Waals surface area contributed by atoms with Crippen molar-refractivity contribution in [3.05, 3.63) is 77.9 Å². The van der Waals surface area contributed by atoms with Gasteiger partial charge in [-0.2, -0.15) is 0 Å². The predicted molar refractivity (Wildman–Crippen MR) is 133 cm³/mol. The highest BCUT2D eigenvalue weighted by Crippen LogP contribution is 2.35. The molecule has 0 N–H and O–H groups in total. The summed E-state index contributed by atoms with van der Waals surface area (Å²) < 4.78 is 18.1. The van der Waals surface area contributed by atoms with Crippen LogP contribution in [-0.2, 0) is 0 Å². The minimum atomic E-state index is -0.0177. The molecule has 0 fully saturated rings. The lowest BCUT2D eigenvalue weighted by atomic mass is 10.1. The Bertz CT molecular complexity index is 1320. The van der Waals surface area contributed by atoms with Crippen LogP contribution >= 0.6 is 11.8 Å². The molecule has 4 aromatic rings. The van der Waals surface area contributed by atoms with Crippen LogP contribution in [0.2, 0.25) is 0 Å². The summed E-state index contributed by atoms with van der Waals surface area (Å²) >= 11 is 1.34. The molecule has 1 heterocycles. The van der Waals surface area contributed by atoms with Crippen LogP contribution in [0.4, 0.5) is 0 Å². The van der Waals surface area contributed by atoms with Crippen LogP contribution in [0.5, 0.6) is 17.2 Å². The number of para-hydroxylation sites is 1. The first-order chi connectivity index (χ1) is 16.5. The first-order valence-corrected chi connectivity index (χ1v) is 11.6. The van der Waals surface area contributed by atoms with Gasteiger partial charge in [0.2, 0.25) is 0 Å². The first kappa shape index (κ1) is 23.4. The number of benzene rings is 3. The Morgan fingerprint density at radius 3 is 2.41 bits per heavy atom. The Labute approximate surface area is 202 Å². The molecule has 7 nitrogen and oxygen atoms in total. The van der Waals surface area contributed by atoms with E-state index in [-0.39, 0.29) is 11.5 Å². The van der Waals surface area contributed by atoms with Gasteiger partial charge in [0.05, 0.1) is 32.8 Å². The van der Waals surface area contributed by atoms with Gasteiger partial charge in [-0.1, -0.05) is 42.1 Å². The topological polar surface area (TPSA) is 75.5 Å². The second-order valence-corrected chi connectivity index (χ2v) is 8.38. The molecule has 0 spiro atoms. The molecular formula is C26H25N3O4S. The molecule has 34 heavy (non-hydrogen) atoms. The highest BCUT2D eigenvalue weighted by atomic mass is 32.2. The fourth-order valence-electron chi connectivity index (χ4n) is 3.57. The third-order valence-corrected chi connectivity index (χ3v) is 6.28. The maximum absolute atomic E-state index is 12.9. The van der Waals surface area contributed by atoms with E-state index in [1.807, 2.05) is 66.1 Å². The average Bonchev–Trinajstić information content (AvgIpc) is 3.30. The van der Waals surface area contributed by atoms with Crippen molar-refractivity contribution in [1.29, 1.82) is 0 Å². The molecule has 4 rings (SSSR count). The lowest BCUT2D eigenvalue weighted by molar-refractivity contribution is 0.102. The molecule has 0 bridgehead atoms. The number of methoxy groups -OCH3 is 3. The Morgan fingerprint density at radius 2 is 1.68 bits per heavy atom. The standard InChI is InChI=1S/C26H25N3O4S/c1-17-8-5-6-11-21(17)29-25(19-12-13-23(32-3)24(15-19)33-4)27-28-26(29)34-16-22(30)18-9-7-10-20(14-18)31-2/h5-15H,16H2,1-4H3. The summed E-state index contributed by atoms with van der Waals surface area (Å²) in [7, 11) is 4.78. The van der Waals surface area contributed by atoms with Gasteiger partial charge in [-0.25, -0.2) is 0 Å². The molecule has 1 aromatic heterocycles. The Balaban J connectivity index is 1.72. The van der Waals surface area contributed by atoms with E-state index in [1.165, 1.54) is 11.8 Å². The number of carbonyl (C=O) groups excluding carboxylic acids is 1. The van der Waals surface area contributed by atoms with Crippen molar-refractivity contribution >= 4 is 17.5 Å². The Morgan fingerprint density at radius 1 is 0.882 bits per heavy atom. The number of carbonyl (C=O) groups is 1. The van der Waals surface area contributed by atoms with Crippen LogP contribution in [0.25, 0.3) is 17.1 Å². The zero-order valence-electron chi connectivity index (χ0n) is 19.4. The smallest absolute Gasteiger partial charge is 0.196 e. The molecule has 0 unspecified atom stereocenters. The lowest BCUT2D eigenvalue weighted by Crippen LogP contribution is -2.06.